The maximum Gasteiger partial charge on any atom is 0.294 e. The van der Waals surface area contributed by atoms with Crippen molar-refractivity contribution in [2.75, 3.05) is 0 Å². The topological polar surface area (TPSA) is 132 Å². The lowest BCUT2D eigenvalue weighted by atomic mass is 10.1. The van der Waals surface area contributed by atoms with Crippen LogP contribution in [-0.2, 0) is 10.1 Å². The minimum Gasteiger partial charge on any atom is -0.504 e. The largest absolute Gasteiger partial charge is 0.504 e. The number of hydrogen-bond acceptors (Lipinski definition) is 7. The molecular weight excluding hydrogens is 334 g/mol. The minimum absolute atomic E-state index is 0.0439. The van der Waals surface area contributed by atoms with Crippen LogP contribution < -0.4 is 0 Å². The van der Waals surface area contributed by atoms with E-state index in [1.54, 1.807) is 18.2 Å². The predicted molar refractivity (Wildman–Crippen MR) is 85.5 cm³/mol. The molecule has 122 valence electrons. The number of fused-ring (bicyclic) bond motifs is 1. The first-order chi connectivity index (χ1) is 11.4. The van der Waals surface area contributed by atoms with Crippen molar-refractivity contribution in [1.29, 1.82) is 0 Å². The molecule has 3 rings (SSSR count). The Labute approximate surface area is 136 Å². The fourth-order valence-electron chi connectivity index (χ4n) is 2.12. The van der Waals surface area contributed by atoms with Crippen LogP contribution >= 0.6 is 0 Å². The Balaban J connectivity index is 2.19. The van der Waals surface area contributed by atoms with Crippen molar-refractivity contribution in [2.45, 2.75) is 4.90 Å². The molecule has 1 aromatic heterocycles. The highest BCUT2D eigenvalue weighted by molar-refractivity contribution is 7.85. The van der Waals surface area contributed by atoms with E-state index in [1.807, 2.05) is 0 Å². The SMILES string of the molecule is O=S(=O)(O)c1ccc2c(N=Nc3ccccn3)c(O)c(O)cc2c1. The van der Waals surface area contributed by atoms with Gasteiger partial charge in [0.25, 0.3) is 10.1 Å². The van der Waals surface area contributed by atoms with Crippen molar-refractivity contribution in [3.05, 3.63) is 48.7 Å². The number of hydrogen-bond donors (Lipinski definition) is 3. The van der Waals surface area contributed by atoms with Gasteiger partial charge in [-0.2, -0.15) is 8.42 Å². The summed E-state index contributed by atoms with van der Waals surface area (Å²) in [5, 5.41) is 28.2. The van der Waals surface area contributed by atoms with Crippen LogP contribution in [0, 0.1) is 0 Å². The Morgan fingerprint density at radius 1 is 1.00 bits per heavy atom. The van der Waals surface area contributed by atoms with Gasteiger partial charge in [0.05, 0.1) is 4.90 Å². The van der Waals surface area contributed by atoms with Crippen LogP contribution in [0.5, 0.6) is 11.5 Å². The summed E-state index contributed by atoms with van der Waals surface area (Å²) >= 11 is 0. The van der Waals surface area contributed by atoms with Gasteiger partial charge in [-0.3, -0.25) is 4.55 Å². The molecule has 0 aliphatic heterocycles. The van der Waals surface area contributed by atoms with E-state index in [-0.39, 0.29) is 16.0 Å². The number of aromatic nitrogens is 1. The number of phenols is 2. The summed E-state index contributed by atoms with van der Waals surface area (Å²) in [6.45, 7) is 0. The Morgan fingerprint density at radius 3 is 2.46 bits per heavy atom. The zero-order chi connectivity index (χ0) is 17.3. The summed E-state index contributed by atoms with van der Waals surface area (Å²) in [6.07, 6.45) is 1.52. The molecule has 0 bridgehead atoms. The summed E-state index contributed by atoms with van der Waals surface area (Å²) in [4.78, 5) is 3.62. The fraction of sp³-hybridized carbons (Fsp3) is 0. The van der Waals surface area contributed by atoms with Gasteiger partial charge < -0.3 is 10.2 Å². The molecule has 0 aliphatic rings. The van der Waals surface area contributed by atoms with Crippen LogP contribution in [0.3, 0.4) is 0 Å². The molecule has 2 aromatic carbocycles. The molecule has 3 aromatic rings. The van der Waals surface area contributed by atoms with Crippen molar-refractivity contribution in [3.63, 3.8) is 0 Å². The first-order valence-corrected chi connectivity index (χ1v) is 8.09. The molecule has 0 saturated carbocycles. The third kappa shape index (κ3) is 3.03. The molecule has 0 atom stereocenters. The van der Waals surface area contributed by atoms with Gasteiger partial charge in [0, 0.05) is 11.6 Å². The van der Waals surface area contributed by atoms with Crippen molar-refractivity contribution in [2.24, 2.45) is 10.2 Å². The summed E-state index contributed by atoms with van der Waals surface area (Å²) in [6, 6.07) is 9.85. The zero-order valence-electron chi connectivity index (χ0n) is 12.0. The summed E-state index contributed by atoms with van der Waals surface area (Å²) in [5.41, 5.74) is -0.0439. The first kappa shape index (κ1) is 15.8. The summed E-state index contributed by atoms with van der Waals surface area (Å²) in [7, 11) is -4.39. The lowest BCUT2D eigenvalue weighted by molar-refractivity contribution is 0.406. The second-order valence-corrected chi connectivity index (χ2v) is 6.26. The summed E-state index contributed by atoms with van der Waals surface area (Å²) in [5.74, 6) is -0.699. The molecule has 0 aliphatic carbocycles. The van der Waals surface area contributed by atoms with E-state index < -0.39 is 21.6 Å². The number of rotatable bonds is 3. The van der Waals surface area contributed by atoms with Gasteiger partial charge in [0.2, 0.25) is 0 Å². The van der Waals surface area contributed by atoms with Crippen molar-refractivity contribution >= 4 is 32.4 Å². The lowest BCUT2D eigenvalue weighted by Crippen LogP contribution is -1.97. The standard InChI is InChI=1S/C15H11N3O5S/c19-12-8-9-7-10(24(21,22)23)4-5-11(9)14(15(12)20)18-17-13-3-1-2-6-16-13/h1-8,19-20H,(H,21,22,23). The van der Waals surface area contributed by atoms with Crippen LogP contribution in [0.4, 0.5) is 11.5 Å². The van der Waals surface area contributed by atoms with Crippen LogP contribution in [0.15, 0.2) is 63.8 Å². The van der Waals surface area contributed by atoms with E-state index in [2.05, 4.69) is 15.2 Å². The molecule has 0 radical (unpaired) electrons. The van der Waals surface area contributed by atoms with E-state index in [4.69, 9.17) is 4.55 Å². The molecule has 8 nitrogen and oxygen atoms in total. The van der Waals surface area contributed by atoms with E-state index >= 15 is 0 Å². The Morgan fingerprint density at radius 2 is 1.79 bits per heavy atom. The molecule has 0 unspecified atom stereocenters. The predicted octanol–water partition coefficient (Wildman–Crippen LogP) is 3.31. The van der Waals surface area contributed by atoms with Crippen molar-refractivity contribution in [1.82, 2.24) is 4.98 Å². The Bertz CT molecular complexity index is 1050. The van der Waals surface area contributed by atoms with E-state index in [0.29, 0.717) is 11.2 Å². The number of azo groups is 1. The van der Waals surface area contributed by atoms with Gasteiger partial charge in [-0.25, -0.2) is 4.98 Å². The number of aromatic hydroxyl groups is 2. The quantitative estimate of drug-likeness (QED) is 0.379. The third-order valence-corrected chi connectivity index (χ3v) is 4.09. The molecule has 0 fully saturated rings. The highest BCUT2D eigenvalue weighted by atomic mass is 32.2. The number of pyridine rings is 1. The average Bonchev–Trinajstić information content (AvgIpc) is 2.55. The maximum atomic E-state index is 11.2. The van der Waals surface area contributed by atoms with Crippen LogP contribution in [0.1, 0.15) is 0 Å². The van der Waals surface area contributed by atoms with Gasteiger partial charge in [-0.1, -0.05) is 12.1 Å². The maximum absolute atomic E-state index is 11.2. The van der Waals surface area contributed by atoms with Gasteiger partial charge in [-0.05, 0) is 35.7 Å². The third-order valence-electron chi connectivity index (χ3n) is 3.24. The second-order valence-electron chi connectivity index (χ2n) is 4.84. The van der Waals surface area contributed by atoms with E-state index in [0.717, 1.165) is 12.1 Å². The fourth-order valence-corrected chi connectivity index (χ4v) is 2.63. The molecule has 3 N–H and O–H groups in total. The molecular formula is C15H11N3O5S. The van der Waals surface area contributed by atoms with Crippen molar-refractivity contribution < 1.29 is 23.2 Å². The van der Waals surface area contributed by atoms with Crippen LogP contribution in [-0.4, -0.2) is 28.2 Å². The normalized spacial score (nSPS) is 12.0. The van der Waals surface area contributed by atoms with Gasteiger partial charge >= 0.3 is 0 Å². The van der Waals surface area contributed by atoms with Crippen molar-refractivity contribution in [3.8, 4) is 11.5 Å². The van der Waals surface area contributed by atoms with Gasteiger partial charge in [0.15, 0.2) is 17.3 Å². The Hall–Kier alpha value is -3.04. The zero-order valence-corrected chi connectivity index (χ0v) is 12.8. The Kier molecular flexibility index (Phi) is 3.87. The van der Waals surface area contributed by atoms with Gasteiger partial charge in [0.1, 0.15) is 5.69 Å². The first-order valence-electron chi connectivity index (χ1n) is 6.65. The second kappa shape index (κ2) is 5.87. The number of phenolic OH excluding ortho intramolecular Hbond substituents is 2. The molecule has 0 saturated heterocycles. The smallest absolute Gasteiger partial charge is 0.294 e. The summed E-state index contributed by atoms with van der Waals surface area (Å²) < 4.78 is 31.5. The molecule has 0 amide bonds. The highest BCUT2D eigenvalue weighted by Crippen LogP contribution is 2.43. The average molecular weight is 345 g/mol. The van der Waals surface area contributed by atoms with E-state index in [9.17, 15) is 18.6 Å². The van der Waals surface area contributed by atoms with Crippen LogP contribution in [0.2, 0.25) is 0 Å². The van der Waals surface area contributed by atoms with Crippen LogP contribution in [0.25, 0.3) is 10.8 Å². The van der Waals surface area contributed by atoms with E-state index in [1.165, 1.54) is 18.3 Å². The number of benzene rings is 2. The monoisotopic (exact) mass is 345 g/mol. The molecule has 1 heterocycles. The minimum atomic E-state index is -4.39. The lowest BCUT2D eigenvalue weighted by Gasteiger charge is -2.07. The molecule has 24 heavy (non-hydrogen) atoms. The van der Waals surface area contributed by atoms with Gasteiger partial charge in [-0.15, -0.1) is 10.2 Å². The molecule has 0 spiro atoms. The number of nitrogens with zero attached hydrogens (tertiary/aromatic N) is 3. The highest BCUT2D eigenvalue weighted by Gasteiger charge is 2.16. The molecule has 9 heteroatoms.